The quantitative estimate of drug-likeness (QED) is 0.324. The number of benzene rings is 1. The number of carbonyl (C=O) groups is 1. The largest absolute Gasteiger partial charge is 0.416 e. The highest BCUT2D eigenvalue weighted by Gasteiger charge is 2.48. The van der Waals surface area contributed by atoms with Crippen molar-refractivity contribution in [3.63, 3.8) is 0 Å². The molecule has 0 unspecified atom stereocenters. The minimum Gasteiger partial charge on any atom is -0.362 e. The molecule has 0 saturated carbocycles. The number of nitrogens with zero attached hydrogens (tertiary/aromatic N) is 2. The van der Waals surface area contributed by atoms with Crippen molar-refractivity contribution in [3.05, 3.63) is 61.3 Å². The van der Waals surface area contributed by atoms with Crippen LogP contribution in [0.1, 0.15) is 39.4 Å². The third-order valence-electron chi connectivity index (χ3n) is 4.94. The van der Waals surface area contributed by atoms with Crippen molar-refractivity contribution >= 4 is 56.3 Å². The number of rotatable bonds is 3. The summed E-state index contributed by atoms with van der Waals surface area (Å²) in [5.74, 6) is -1.09. The summed E-state index contributed by atoms with van der Waals surface area (Å²) in [4.78, 5) is 13.4. The van der Waals surface area contributed by atoms with E-state index >= 15 is 0 Å². The zero-order valence-electron chi connectivity index (χ0n) is 16.1. The minimum atomic E-state index is -4.68. The van der Waals surface area contributed by atoms with Crippen molar-refractivity contribution in [3.8, 4) is 0 Å². The van der Waals surface area contributed by atoms with E-state index in [1.165, 1.54) is 11.3 Å². The number of anilines is 2. The number of amides is 1. The number of halogens is 8. The van der Waals surface area contributed by atoms with Gasteiger partial charge in [-0.2, -0.15) is 31.4 Å². The Kier molecular flexibility index (Phi) is 6.16. The molecule has 0 spiro atoms. The molecule has 0 saturated heterocycles. The number of thiophene rings is 1. The van der Waals surface area contributed by atoms with E-state index in [4.69, 9.17) is 11.6 Å². The highest BCUT2D eigenvalue weighted by atomic mass is 79.9. The molecule has 2 N–H and O–H groups in total. The van der Waals surface area contributed by atoms with E-state index in [1.807, 2.05) is 0 Å². The lowest BCUT2D eigenvalue weighted by Gasteiger charge is -2.33. The van der Waals surface area contributed by atoms with Gasteiger partial charge in [0.25, 0.3) is 5.91 Å². The number of fused-ring (bicyclic) bond motifs is 1. The predicted molar refractivity (Wildman–Crippen MR) is 115 cm³/mol. The molecule has 1 aromatic carbocycles. The molecule has 2 aromatic heterocycles. The van der Waals surface area contributed by atoms with Crippen molar-refractivity contribution in [2.45, 2.75) is 30.9 Å². The molecule has 1 aliphatic heterocycles. The maximum atomic E-state index is 13.8. The van der Waals surface area contributed by atoms with Crippen molar-refractivity contribution < 1.29 is 31.1 Å². The zero-order valence-corrected chi connectivity index (χ0v) is 19.2. The first kappa shape index (κ1) is 23.9. The number of nitrogens with one attached hydrogen (secondary N) is 2. The Bertz CT molecular complexity index is 1190. The lowest BCUT2D eigenvalue weighted by Crippen LogP contribution is -2.35. The van der Waals surface area contributed by atoms with Gasteiger partial charge in [-0.25, -0.2) is 4.68 Å². The van der Waals surface area contributed by atoms with Crippen molar-refractivity contribution in [2.24, 2.45) is 0 Å². The van der Waals surface area contributed by atoms with E-state index in [2.05, 4.69) is 31.7 Å². The Hall–Kier alpha value is -2.25. The van der Waals surface area contributed by atoms with E-state index in [9.17, 15) is 31.1 Å². The van der Waals surface area contributed by atoms with Gasteiger partial charge in [0, 0.05) is 11.3 Å². The Balaban J connectivity index is 1.69. The van der Waals surface area contributed by atoms with Gasteiger partial charge < -0.3 is 10.6 Å². The second kappa shape index (κ2) is 8.51. The monoisotopic (exact) mass is 572 g/mol. The summed E-state index contributed by atoms with van der Waals surface area (Å²) in [5.41, 5.74) is -1.85. The van der Waals surface area contributed by atoms with Gasteiger partial charge in [0.15, 0.2) is 11.7 Å². The average molecular weight is 574 g/mol. The lowest BCUT2D eigenvalue weighted by atomic mass is 10.0. The Labute approximate surface area is 199 Å². The fourth-order valence-corrected chi connectivity index (χ4v) is 4.90. The molecule has 0 bridgehead atoms. The third kappa shape index (κ3) is 4.71. The van der Waals surface area contributed by atoms with Crippen LogP contribution >= 0.6 is 38.9 Å². The summed E-state index contributed by atoms with van der Waals surface area (Å²) >= 11 is 10.3. The molecule has 4 rings (SSSR count). The Morgan fingerprint density at radius 2 is 1.97 bits per heavy atom. The second-order valence-corrected chi connectivity index (χ2v) is 9.29. The third-order valence-corrected chi connectivity index (χ3v) is 7.01. The van der Waals surface area contributed by atoms with Crippen LogP contribution in [0.5, 0.6) is 0 Å². The van der Waals surface area contributed by atoms with E-state index in [1.54, 1.807) is 17.5 Å². The fraction of sp³-hybridized carbons (Fsp3) is 0.263. The minimum absolute atomic E-state index is 0.0568. The topological polar surface area (TPSA) is 59.0 Å². The van der Waals surface area contributed by atoms with Crippen LogP contribution in [0.15, 0.2) is 40.2 Å². The van der Waals surface area contributed by atoms with Crippen molar-refractivity contribution in [1.82, 2.24) is 9.78 Å². The molecule has 3 heterocycles. The summed E-state index contributed by atoms with van der Waals surface area (Å²) in [6, 6.07) is 3.04. The first-order valence-corrected chi connectivity index (χ1v) is 11.2. The molecule has 1 aliphatic rings. The van der Waals surface area contributed by atoms with Crippen LogP contribution in [-0.2, 0) is 6.18 Å². The first-order valence-electron chi connectivity index (χ1n) is 9.19. The zero-order chi connectivity index (χ0) is 24.1. The van der Waals surface area contributed by atoms with Gasteiger partial charge in [-0.1, -0.05) is 17.7 Å². The van der Waals surface area contributed by atoms with Crippen molar-refractivity contribution in [2.75, 3.05) is 10.6 Å². The highest BCUT2D eigenvalue weighted by Crippen LogP contribution is 2.47. The summed E-state index contributed by atoms with van der Waals surface area (Å²) in [7, 11) is 0. The summed E-state index contributed by atoms with van der Waals surface area (Å²) in [6.07, 6.45) is -9.69. The molecule has 14 heteroatoms. The highest BCUT2D eigenvalue weighted by molar-refractivity contribution is 9.10. The molecule has 0 fully saturated rings. The van der Waals surface area contributed by atoms with Gasteiger partial charge in [-0.15, -0.1) is 11.3 Å². The molecule has 176 valence electrons. The lowest BCUT2D eigenvalue weighted by molar-refractivity contribution is -0.173. The standard InChI is InChI=1S/C19H12BrClF6N4OS/c20-14-15(17(32)29-10-6-8(18(22,23)24)3-4-9(10)21)30-31-13(19(25,26)27)7-11(28-16(14)31)12-2-1-5-33-12/h1-6,11,13,28H,7H2,(H,29,32)/t11-,13+/m1/s1. The van der Waals surface area contributed by atoms with Gasteiger partial charge in [-0.05, 0) is 45.6 Å². The normalized spacial score (nSPS) is 18.5. The molecule has 3 aromatic rings. The van der Waals surface area contributed by atoms with Crippen LogP contribution in [0, 0.1) is 0 Å². The van der Waals surface area contributed by atoms with Gasteiger partial charge in [0.2, 0.25) is 0 Å². The number of hydrogen-bond donors (Lipinski definition) is 2. The number of hydrogen-bond acceptors (Lipinski definition) is 4. The molecule has 33 heavy (non-hydrogen) atoms. The predicted octanol–water partition coefficient (Wildman–Crippen LogP) is 7.29. The average Bonchev–Trinajstić information content (AvgIpc) is 3.36. The van der Waals surface area contributed by atoms with E-state index in [0.717, 1.165) is 12.1 Å². The first-order chi connectivity index (χ1) is 15.4. The van der Waals surface area contributed by atoms with Gasteiger partial charge in [0.1, 0.15) is 5.82 Å². The summed E-state index contributed by atoms with van der Waals surface area (Å²) in [6.45, 7) is 0. The molecule has 2 atom stereocenters. The van der Waals surface area contributed by atoms with Crippen molar-refractivity contribution in [1.29, 1.82) is 0 Å². The summed E-state index contributed by atoms with van der Waals surface area (Å²) in [5, 5.41) is 10.5. The maximum Gasteiger partial charge on any atom is 0.416 e. The second-order valence-electron chi connectivity index (χ2n) is 7.11. The summed E-state index contributed by atoms with van der Waals surface area (Å²) < 4.78 is 81.0. The number of aromatic nitrogens is 2. The van der Waals surface area contributed by atoms with Crippen LogP contribution in [0.3, 0.4) is 0 Å². The molecular formula is C19H12BrClF6N4OS. The van der Waals surface area contributed by atoms with Gasteiger partial charge >= 0.3 is 12.4 Å². The number of carbonyl (C=O) groups excluding carboxylic acids is 1. The van der Waals surface area contributed by atoms with E-state index in [0.29, 0.717) is 15.6 Å². The number of alkyl halides is 6. The smallest absolute Gasteiger partial charge is 0.362 e. The van der Waals surface area contributed by atoms with E-state index in [-0.39, 0.29) is 27.4 Å². The van der Waals surface area contributed by atoms with Crippen LogP contribution in [0.2, 0.25) is 5.02 Å². The van der Waals surface area contributed by atoms with Crippen LogP contribution < -0.4 is 10.6 Å². The molecule has 0 radical (unpaired) electrons. The molecule has 0 aliphatic carbocycles. The van der Waals surface area contributed by atoms with Crippen LogP contribution in [0.25, 0.3) is 0 Å². The van der Waals surface area contributed by atoms with Gasteiger partial charge in [-0.3, -0.25) is 4.79 Å². The van der Waals surface area contributed by atoms with E-state index < -0.39 is 41.6 Å². The molecule has 1 amide bonds. The fourth-order valence-electron chi connectivity index (χ4n) is 3.39. The SMILES string of the molecule is O=C(Nc1cc(C(F)(F)F)ccc1Cl)c1nn2c(c1Br)N[C@@H](c1cccs1)C[C@H]2C(F)(F)F. The van der Waals surface area contributed by atoms with Gasteiger partial charge in [0.05, 0.1) is 26.8 Å². The maximum absolute atomic E-state index is 13.8. The molecular weight excluding hydrogens is 562 g/mol. The molecule has 5 nitrogen and oxygen atoms in total. The van der Waals surface area contributed by atoms with Crippen LogP contribution in [-0.4, -0.2) is 21.9 Å². The van der Waals surface area contributed by atoms with Crippen LogP contribution in [0.4, 0.5) is 37.8 Å². The Morgan fingerprint density at radius 1 is 1.24 bits per heavy atom. The Morgan fingerprint density at radius 3 is 2.58 bits per heavy atom.